The van der Waals surface area contributed by atoms with E-state index in [1.807, 2.05) is 0 Å². The van der Waals surface area contributed by atoms with E-state index in [1.165, 1.54) is 18.2 Å². The first-order chi connectivity index (χ1) is 9.10. The molecule has 1 heterocycles. The van der Waals surface area contributed by atoms with E-state index in [2.05, 4.69) is 5.10 Å². The van der Waals surface area contributed by atoms with Gasteiger partial charge in [0.05, 0.1) is 5.69 Å². The van der Waals surface area contributed by atoms with E-state index < -0.39 is 23.1 Å². The van der Waals surface area contributed by atoms with Crippen molar-refractivity contribution in [2.45, 2.75) is 32.4 Å². The van der Waals surface area contributed by atoms with E-state index in [0.717, 1.165) is 10.7 Å². The van der Waals surface area contributed by atoms with E-state index in [0.29, 0.717) is 5.69 Å². The van der Waals surface area contributed by atoms with Crippen LogP contribution in [0, 0.1) is 5.82 Å². The zero-order valence-electron chi connectivity index (χ0n) is 11.3. The highest BCUT2D eigenvalue weighted by molar-refractivity contribution is 5.37. The Kier molecular flexibility index (Phi) is 3.36. The fraction of sp³-hybridized carbons (Fsp3) is 0.357. The Morgan fingerprint density at radius 2 is 1.65 bits per heavy atom. The first kappa shape index (κ1) is 14.6. The summed E-state index contributed by atoms with van der Waals surface area (Å²) in [6.45, 7) is 5.25. The van der Waals surface area contributed by atoms with Crippen molar-refractivity contribution in [1.82, 2.24) is 9.78 Å². The maximum atomic E-state index is 13.8. The molecule has 2 aromatic rings. The zero-order chi connectivity index (χ0) is 15.1. The molecule has 0 amide bonds. The Morgan fingerprint density at radius 1 is 1.05 bits per heavy atom. The Morgan fingerprint density at radius 3 is 2.15 bits per heavy atom. The van der Waals surface area contributed by atoms with Crippen LogP contribution in [0.4, 0.5) is 17.6 Å². The summed E-state index contributed by atoms with van der Waals surface area (Å²) >= 11 is 0. The molecule has 0 spiro atoms. The largest absolute Gasteiger partial charge is 0.435 e. The maximum absolute atomic E-state index is 13.8. The van der Waals surface area contributed by atoms with E-state index in [4.69, 9.17) is 0 Å². The highest BCUT2D eigenvalue weighted by atomic mass is 19.4. The van der Waals surface area contributed by atoms with Crippen LogP contribution in [-0.4, -0.2) is 9.78 Å². The molecular weight excluding hydrogens is 272 g/mol. The topological polar surface area (TPSA) is 17.8 Å². The second-order valence-corrected chi connectivity index (χ2v) is 5.53. The SMILES string of the molecule is CC(C)(C)c1cc(C(F)(F)F)nn1-c1ccccc1F. The monoisotopic (exact) mass is 286 g/mol. The summed E-state index contributed by atoms with van der Waals surface area (Å²) in [7, 11) is 0. The molecule has 1 aromatic heterocycles. The van der Waals surface area contributed by atoms with Crippen molar-refractivity contribution in [2.75, 3.05) is 0 Å². The van der Waals surface area contributed by atoms with Crippen LogP contribution in [0.2, 0.25) is 0 Å². The lowest BCUT2D eigenvalue weighted by atomic mass is 9.91. The van der Waals surface area contributed by atoms with Gasteiger partial charge in [0.1, 0.15) is 11.5 Å². The van der Waals surface area contributed by atoms with Gasteiger partial charge in [-0.15, -0.1) is 0 Å². The Bertz CT molecular complexity index is 621. The number of alkyl halides is 3. The van der Waals surface area contributed by atoms with Crippen molar-refractivity contribution in [2.24, 2.45) is 0 Å². The summed E-state index contributed by atoms with van der Waals surface area (Å²) in [4.78, 5) is 0. The van der Waals surface area contributed by atoms with Crippen molar-refractivity contribution in [3.63, 3.8) is 0 Å². The predicted octanol–water partition coefficient (Wildman–Crippen LogP) is 4.33. The number of nitrogens with zero attached hydrogens (tertiary/aromatic N) is 2. The highest BCUT2D eigenvalue weighted by Gasteiger charge is 2.37. The molecule has 0 aliphatic heterocycles. The molecule has 1 aromatic carbocycles. The maximum Gasteiger partial charge on any atom is 0.435 e. The number of benzene rings is 1. The molecule has 0 bridgehead atoms. The standard InChI is InChI=1S/C14H14F4N2/c1-13(2,3)12-8-11(14(16,17)18)19-20(12)10-7-5-4-6-9(10)15/h4-8H,1-3H3. The van der Waals surface area contributed by atoms with Crippen molar-refractivity contribution in [3.05, 3.63) is 47.5 Å². The third kappa shape index (κ3) is 2.69. The Hall–Kier alpha value is -1.85. The van der Waals surface area contributed by atoms with Gasteiger partial charge in [-0.3, -0.25) is 0 Å². The van der Waals surface area contributed by atoms with Crippen molar-refractivity contribution >= 4 is 0 Å². The van der Waals surface area contributed by atoms with Crippen LogP contribution in [0.15, 0.2) is 30.3 Å². The number of aromatic nitrogens is 2. The number of halogens is 4. The average molecular weight is 286 g/mol. The molecule has 0 N–H and O–H groups in total. The van der Waals surface area contributed by atoms with E-state index >= 15 is 0 Å². The van der Waals surface area contributed by atoms with Gasteiger partial charge in [0, 0.05) is 5.41 Å². The summed E-state index contributed by atoms with van der Waals surface area (Å²) in [5, 5.41) is 3.53. The normalized spacial score (nSPS) is 12.8. The zero-order valence-corrected chi connectivity index (χ0v) is 11.3. The fourth-order valence-electron chi connectivity index (χ4n) is 1.86. The molecule has 108 valence electrons. The first-order valence-electron chi connectivity index (χ1n) is 6.03. The quantitative estimate of drug-likeness (QED) is 0.714. The lowest BCUT2D eigenvalue weighted by Crippen LogP contribution is -2.18. The molecule has 0 aliphatic rings. The summed E-state index contributed by atoms with van der Waals surface area (Å²) in [5.41, 5.74) is -1.31. The first-order valence-corrected chi connectivity index (χ1v) is 6.03. The molecule has 2 rings (SSSR count). The number of hydrogen-bond acceptors (Lipinski definition) is 1. The van der Waals surface area contributed by atoms with Gasteiger partial charge in [-0.2, -0.15) is 18.3 Å². The lowest BCUT2D eigenvalue weighted by molar-refractivity contribution is -0.141. The predicted molar refractivity (Wildman–Crippen MR) is 67.2 cm³/mol. The van der Waals surface area contributed by atoms with Gasteiger partial charge in [0.15, 0.2) is 5.69 Å². The number of hydrogen-bond donors (Lipinski definition) is 0. The van der Waals surface area contributed by atoms with Gasteiger partial charge in [-0.25, -0.2) is 9.07 Å². The van der Waals surface area contributed by atoms with Gasteiger partial charge in [0.25, 0.3) is 0 Å². The summed E-state index contributed by atoms with van der Waals surface area (Å²) in [6, 6.07) is 6.59. The average Bonchev–Trinajstić information content (AvgIpc) is 2.73. The van der Waals surface area contributed by atoms with Gasteiger partial charge >= 0.3 is 6.18 Å². The number of rotatable bonds is 1. The van der Waals surface area contributed by atoms with Gasteiger partial charge in [-0.1, -0.05) is 32.9 Å². The summed E-state index contributed by atoms with van der Waals surface area (Å²) < 4.78 is 53.3. The molecule has 6 heteroatoms. The van der Waals surface area contributed by atoms with Crippen molar-refractivity contribution < 1.29 is 17.6 Å². The van der Waals surface area contributed by atoms with Crippen LogP contribution in [0.1, 0.15) is 32.2 Å². The van der Waals surface area contributed by atoms with Crippen molar-refractivity contribution in [3.8, 4) is 5.69 Å². The van der Waals surface area contributed by atoms with Crippen LogP contribution in [0.5, 0.6) is 0 Å². The molecule has 2 nitrogen and oxygen atoms in total. The third-order valence-electron chi connectivity index (χ3n) is 2.85. The number of para-hydroxylation sites is 1. The van der Waals surface area contributed by atoms with Gasteiger partial charge in [0.2, 0.25) is 0 Å². The fourth-order valence-corrected chi connectivity index (χ4v) is 1.86. The second kappa shape index (κ2) is 4.61. The molecule has 0 saturated carbocycles. The van der Waals surface area contributed by atoms with Crippen molar-refractivity contribution in [1.29, 1.82) is 0 Å². The Labute approximate surface area is 114 Å². The van der Waals surface area contributed by atoms with Gasteiger partial charge < -0.3 is 0 Å². The highest BCUT2D eigenvalue weighted by Crippen LogP contribution is 2.33. The molecule has 0 saturated heterocycles. The molecule has 0 radical (unpaired) electrons. The van der Waals surface area contributed by atoms with Gasteiger partial charge in [-0.05, 0) is 18.2 Å². The lowest BCUT2D eigenvalue weighted by Gasteiger charge is -2.20. The van der Waals surface area contributed by atoms with Crippen LogP contribution < -0.4 is 0 Å². The minimum atomic E-state index is -4.56. The molecule has 0 fully saturated rings. The minimum Gasteiger partial charge on any atom is -0.234 e. The van der Waals surface area contributed by atoms with Crippen LogP contribution in [0.3, 0.4) is 0 Å². The van der Waals surface area contributed by atoms with Crippen LogP contribution >= 0.6 is 0 Å². The second-order valence-electron chi connectivity index (χ2n) is 5.53. The molecule has 20 heavy (non-hydrogen) atoms. The summed E-state index contributed by atoms with van der Waals surface area (Å²) in [5.74, 6) is -0.616. The van der Waals surface area contributed by atoms with Crippen LogP contribution in [0.25, 0.3) is 5.69 Å². The van der Waals surface area contributed by atoms with E-state index in [-0.39, 0.29) is 5.69 Å². The smallest absolute Gasteiger partial charge is 0.234 e. The summed E-state index contributed by atoms with van der Waals surface area (Å²) in [6.07, 6.45) is -4.56. The molecule has 0 aliphatic carbocycles. The minimum absolute atomic E-state index is 0.00734. The molecular formula is C14H14F4N2. The Balaban J connectivity index is 2.69. The third-order valence-corrected chi connectivity index (χ3v) is 2.85. The molecule has 0 atom stereocenters. The van der Waals surface area contributed by atoms with Crippen LogP contribution in [-0.2, 0) is 11.6 Å². The molecule has 0 unspecified atom stereocenters. The van der Waals surface area contributed by atoms with E-state index in [1.54, 1.807) is 26.8 Å². The van der Waals surface area contributed by atoms with E-state index in [9.17, 15) is 17.6 Å².